The minimum Gasteiger partial charge on any atom is -0.324 e. The molecule has 1 rings (SSSR count). The summed E-state index contributed by atoms with van der Waals surface area (Å²) >= 11 is 0. The Labute approximate surface area is 99.2 Å². The molecular weight excluding hydrogens is 231 g/mol. The largest absolute Gasteiger partial charge is 0.390 e. The Morgan fingerprint density at radius 2 is 1.94 bits per heavy atom. The van der Waals surface area contributed by atoms with Crippen LogP contribution in [-0.2, 0) is 0 Å². The van der Waals surface area contributed by atoms with E-state index in [-0.39, 0.29) is 12.6 Å². The molecule has 6 heteroatoms. The highest BCUT2D eigenvalue weighted by Crippen LogP contribution is 2.29. The third-order valence-electron chi connectivity index (χ3n) is 3.25. The number of nitrogens with one attached hydrogen (secondary N) is 1. The van der Waals surface area contributed by atoms with Crippen LogP contribution in [0.2, 0.25) is 0 Å². The second-order valence-corrected chi connectivity index (χ2v) is 4.79. The van der Waals surface area contributed by atoms with Gasteiger partial charge in [0.05, 0.1) is 18.9 Å². The first kappa shape index (κ1) is 14.3. The Morgan fingerprint density at radius 1 is 1.35 bits per heavy atom. The number of alkyl halides is 3. The molecule has 0 radical (unpaired) electrons. The van der Waals surface area contributed by atoms with Crippen molar-refractivity contribution < 1.29 is 13.2 Å². The van der Waals surface area contributed by atoms with E-state index >= 15 is 0 Å². The van der Waals surface area contributed by atoms with Crippen molar-refractivity contribution in [1.82, 2.24) is 5.32 Å². The number of nitriles is 1. The second-order valence-electron chi connectivity index (χ2n) is 4.79. The average Bonchev–Trinajstić information content (AvgIpc) is 2.20. The molecule has 0 aromatic carbocycles. The van der Waals surface area contributed by atoms with Crippen molar-refractivity contribution in [3.05, 3.63) is 0 Å². The third-order valence-corrected chi connectivity index (χ3v) is 3.25. The van der Waals surface area contributed by atoms with Crippen LogP contribution in [0.3, 0.4) is 0 Å². The molecule has 0 unspecified atom stereocenters. The zero-order valence-electron chi connectivity index (χ0n) is 9.69. The molecule has 1 aliphatic carbocycles. The fourth-order valence-corrected chi connectivity index (χ4v) is 2.15. The van der Waals surface area contributed by atoms with Crippen LogP contribution in [0, 0.1) is 11.3 Å². The van der Waals surface area contributed by atoms with Crippen LogP contribution in [0.4, 0.5) is 13.2 Å². The van der Waals surface area contributed by atoms with Gasteiger partial charge >= 0.3 is 6.18 Å². The topological polar surface area (TPSA) is 61.8 Å². The number of hydrogen-bond donors (Lipinski definition) is 2. The molecule has 1 aliphatic rings. The molecule has 3 N–H and O–H groups in total. The quantitative estimate of drug-likeness (QED) is 0.802. The van der Waals surface area contributed by atoms with Gasteiger partial charge in [-0.15, -0.1) is 0 Å². The number of halogens is 3. The van der Waals surface area contributed by atoms with Gasteiger partial charge < -0.3 is 11.1 Å². The number of nitrogens with two attached hydrogens (primary N) is 1. The molecule has 0 spiro atoms. The Bertz CT molecular complexity index is 275. The molecule has 0 aliphatic heterocycles. The van der Waals surface area contributed by atoms with Crippen LogP contribution in [0.5, 0.6) is 0 Å². The SMILES string of the molecule is N#CC[C@]1(N)CC[C@@H](NCCC(F)(F)F)CC1. The molecule has 17 heavy (non-hydrogen) atoms. The zero-order valence-corrected chi connectivity index (χ0v) is 9.69. The number of rotatable bonds is 4. The summed E-state index contributed by atoms with van der Waals surface area (Å²) in [7, 11) is 0. The van der Waals surface area contributed by atoms with Crippen molar-refractivity contribution in [2.75, 3.05) is 6.54 Å². The van der Waals surface area contributed by atoms with Crippen molar-refractivity contribution in [1.29, 1.82) is 5.26 Å². The van der Waals surface area contributed by atoms with E-state index in [0.29, 0.717) is 19.3 Å². The van der Waals surface area contributed by atoms with Gasteiger partial charge in [0.2, 0.25) is 0 Å². The molecule has 0 heterocycles. The molecule has 3 nitrogen and oxygen atoms in total. The molecule has 0 atom stereocenters. The van der Waals surface area contributed by atoms with Gasteiger partial charge in [-0.2, -0.15) is 18.4 Å². The maximum atomic E-state index is 11.9. The lowest BCUT2D eigenvalue weighted by Crippen LogP contribution is -2.47. The second kappa shape index (κ2) is 5.69. The molecule has 98 valence electrons. The predicted octanol–water partition coefficient (Wildman–Crippen LogP) is 2.08. The van der Waals surface area contributed by atoms with Crippen molar-refractivity contribution >= 4 is 0 Å². The molecule has 0 saturated heterocycles. The molecular formula is C11H18F3N3. The van der Waals surface area contributed by atoms with Crippen molar-refractivity contribution in [3.63, 3.8) is 0 Å². The summed E-state index contributed by atoms with van der Waals surface area (Å²) < 4.78 is 35.8. The maximum absolute atomic E-state index is 11.9. The van der Waals surface area contributed by atoms with Crippen LogP contribution in [0.25, 0.3) is 0 Å². The van der Waals surface area contributed by atoms with Gasteiger partial charge in [0, 0.05) is 18.1 Å². The Morgan fingerprint density at radius 3 is 2.41 bits per heavy atom. The molecule has 1 fully saturated rings. The summed E-state index contributed by atoms with van der Waals surface area (Å²) in [6, 6.07) is 2.17. The van der Waals surface area contributed by atoms with Gasteiger partial charge in [-0.3, -0.25) is 0 Å². The van der Waals surface area contributed by atoms with E-state index < -0.39 is 18.1 Å². The molecule has 0 aromatic rings. The van der Waals surface area contributed by atoms with Crippen molar-refractivity contribution in [2.24, 2.45) is 5.73 Å². The average molecular weight is 249 g/mol. The molecule has 0 amide bonds. The first-order chi connectivity index (χ1) is 7.85. The summed E-state index contributed by atoms with van der Waals surface area (Å²) in [5.41, 5.74) is 5.57. The van der Waals surface area contributed by atoms with Gasteiger partial charge in [0.1, 0.15) is 0 Å². The summed E-state index contributed by atoms with van der Waals surface area (Å²) in [4.78, 5) is 0. The van der Waals surface area contributed by atoms with E-state index in [0.717, 1.165) is 12.8 Å². The van der Waals surface area contributed by atoms with E-state index in [1.54, 1.807) is 0 Å². The van der Waals surface area contributed by atoms with Crippen LogP contribution in [0.15, 0.2) is 0 Å². The minimum atomic E-state index is -4.10. The van der Waals surface area contributed by atoms with Crippen molar-refractivity contribution in [2.45, 2.75) is 56.3 Å². The van der Waals surface area contributed by atoms with Crippen LogP contribution >= 0.6 is 0 Å². The smallest absolute Gasteiger partial charge is 0.324 e. The highest BCUT2D eigenvalue weighted by molar-refractivity contribution is 4.97. The molecule has 0 bridgehead atoms. The third kappa shape index (κ3) is 5.37. The first-order valence-electron chi connectivity index (χ1n) is 5.81. The Kier molecular flexibility index (Phi) is 4.78. The van der Waals surface area contributed by atoms with E-state index in [1.807, 2.05) is 0 Å². The van der Waals surface area contributed by atoms with Gasteiger partial charge in [-0.05, 0) is 25.7 Å². The minimum absolute atomic E-state index is 0.0377. The summed E-state index contributed by atoms with van der Waals surface area (Å²) in [5, 5.41) is 11.5. The lowest BCUT2D eigenvalue weighted by molar-refractivity contribution is -0.133. The number of nitrogens with zero attached hydrogens (tertiary/aromatic N) is 1. The normalized spacial score (nSPS) is 29.9. The van der Waals surface area contributed by atoms with Crippen LogP contribution in [0.1, 0.15) is 38.5 Å². The lowest BCUT2D eigenvalue weighted by Gasteiger charge is -2.36. The summed E-state index contributed by atoms with van der Waals surface area (Å²) in [6.07, 6.45) is -1.68. The highest BCUT2D eigenvalue weighted by atomic mass is 19.4. The van der Waals surface area contributed by atoms with Crippen molar-refractivity contribution in [3.8, 4) is 6.07 Å². The Hall–Kier alpha value is -0.800. The summed E-state index contributed by atoms with van der Waals surface area (Å²) in [6.45, 7) is -0.0377. The standard InChI is InChI=1S/C11H18F3N3/c12-11(13,14)6-8-17-9-1-3-10(16,4-2-9)5-7-15/h9,17H,1-6,8,16H2/t9-,10+. The highest BCUT2D eigenvalue weighted by Gasteiger charge is 2.32. The van der Waals surface area contributed by atoms with Crippen LogP contribution < -0.4 is 11.1 Å². The lowest BCUT2D eigenvalue weighted by atomic mass is 9.78. The van der Waals surface area contributed by atoms with Gasteiger partial charge in [-0.1, -0.05) is 0 Å². The van der Waals surface area contributed by atoms with Gasteiger partial charge in [-0.25, -0.2) is 0 Å². The molecule has 1 saturated carbocycles. The predicted molar refractivity (Wildman–Crippen MR) is 58.1 cm³/mol. The number of hydrogen-bond acceptors (Lipinski definition) is 3. The fourth-order valence-electron chi connectivity index (χ4n) is 2.15. The fraction of sp³-hybridized carbons (Fsp3) is 0.909. The Balaban J connectivity index is 2.22. The monoisotopic (exact) mass is 249 g/mol. The molecule has 0 aromatic heterocycles. The first-order valence-corrected chi connectivity index (χ1v) is 5.81. The van der Waals surface area contributed by atoms with Gasteiger partial charge in [0.15, 0.2) is 0 Å². The van der Waals surface area contributed by atoms with E-state index in [2.05, 4.69) is 11.4 Å². The zero-order chi connectivity index (χ0) is 12.9. The maximum Gasteiger partial charge on any atom is 0.390 e. The summed E-state index contributed by atoms with van der Waals surface area (Å²) in [5.74, 6) is 0. The van der Waals surface area contributed by atoms with E-state index in [9.17, 15) is 13.2 Å². The van der Waals surface area contributed by atoms with E-state index in [1.165, 1.54) is 0 Å². The van der Waals surface area contributed by atoms with Crippen LogP contribution in [-0.4, -0.2) is 24.3 Å². The van der Waals surface area contributed by atoms with E-state index in [4.69, 9.17) is 11.0 Å². The van der Waals surface area contributed by atoms with Gasteiger partial charge in [0.25, 0.3) is 0 Å².